The molecule has 26 heavy (non-hydrogen) atoms. The standard InChI is InChI=1S/C15H13BrF3N3O3S/c1-2-24-12(23)6-10-8-26-14(21-10)22-20-7-9-4-3-5-11(13(9)16)25-15(17,18)19/h3-5,7-8H,2,6H2,1H3,(H,21,22). The maximum Gasteiger partial charge on any atom is 0.573 e. The predicted molar refractivity (Wildman–Crippen MR) is 94.5 cm³/mol. The molecule has 0 aliphatic rings. The van der Waals surface area contributed by atoms with Gasteiger partial charge in [-0.25, -0.2) is 4.98 Å². The Hall–Kier alpha value is -2.14. The van der Waals surface area contributed by atoms with Gasteiger partial charge in [0.2, 0.25) is 5.13 Å². The van der Waals surface area contributed by atoms with Gasteiger partial charge >= 0.3 is 12.3 Å². The number of alkyl halides is 3. The fraction of sp³-hybridized carbons (Fsp3) is 0.267. The molecular weight excluding hydrogens is 439 g/mol. The second-order valence-corrected chi connectivity index (χ2v) is 6.35. The van der Waals surface area contributed by atoms with E-state index in [2.05, 4.69) is 36.2 Å². The van der Waals surface area contributed by atoms with Crippen LogP contribution in [0.25, 0.3) is 0 Å². The summed E-state index contributed by atoms with van der Waals surface area (Å²) in [4.78, 5) is 15.5. The van der Waals surface area contributed by atoms with Crippen LogP contribution in [0.2, 0.25) is 0 Å². The van der Waals surface area contributed by atoms with E-state index in [1.807, 2.05) is 0 Å². The van der Waals surface area contributed by atoms with Crippen molar-refractivity contribution in [1.82, 2.24) is 4.98 Å². The fourth-order valence-electron chi connectivity index (χ4n) is 1.79. The molecule has 0 fully saturated rings. The lowest BCUT2D eigenvalue weighted by Crippen LogP contribution is -2.17. The summed E-state index contributed by atoms with van der Waals surface area (Å²) in [7, 11) is 0. The Bertz CT molecular complexity index is 796. The van der Waals surface area contributed by atoms with E-state index in [9.17, 15) is 18.0 Å². The molecule has 0 amide bonds. The maximum absolute atomic E-state index is 12.3. The van der Waals surface area contributed by atoms with E-state index in [-0.39, 0.29) is 22.6 Å². The monoisotopic (exact) mass is 451 g/mol. The minimum atomic E-state index is -4.78. The van der Waals surface area contributed by atoms with Crippen molar-refractivity contribution in [1.29, 1.82) is 0 Å². The summed E-state index contributed by atoms with van der Waals surface area (Å²) in [5.74, 6) is -0.745. The van der Waals surface area contributed by atoms with E-state index in [0.29, 0.717) is 23.0 Å². The van der Waals surface area contributed by atoms with Crippen molar-refractivity contribution in [3.05, 3.63) is 39.3 Å². The molecule has 2 aromatic rings. The lowest BCUT2D eigenvalue weighted by Gasteiger charge is -2.11. The first-order valence-electron chi connectivity index (χ1n) is 7.22. The number of aromatic nitrogens is 1. The van der Waals surface area contributed by atoms with Gasteiger partial charge in [0, 0.05) is 10.9 Å². The molecule has 0 radical (unpaired) electrons. The Morgan fingerprint density at radius 2 is 2.23 bits per heavy atom. The summed E-state index contributed by atoms with van der Waals surface area (Å²) in [6, 6.07) is 4.16. The van der Waals surface area contributed by atoms with Crippen LogP contribution >= 0.6 is 27.3 Å². The van der Waals surface area contributed by atoms with Crippen LogP contribution in [-0.4, -0.2) is 30.1 Å². The Balaban J connectivity index is 2.00. The van der Waals surface area contributed by atoms with Crippen LogP contribution in [0.15, 0.2) is 33.2 Å². The second-order valence-electron chi connectivity index (χ2n) is 4.70. The molecule has 0 aliphatic heterocycles. The van der Waals surface area contributed by atoms with Crippen molar-refractivity contribution >= 4 is 44.6 Å². The highest BCUT2D eigenvalue weighted by Gasteiger charge is 2.32. The topological polar surface area (TPSA) is 72.8 Å². The molecule has 1 aromatic heterocycles. The maximum atomic E-state index is 12.3. The summed E-state index contributed by atoms with van der Waals surface area (Å²) in [5.41, 5.74) is 3.57. The largest absolute Gasteiger partial charge is 0.573 e. The van der Waals surface area contributed by atoms with Crippen LogP contribution in [-0.2, 0) is 16.0 Å². The third-order valence-corrected chi connectivity index (χ3v) is 4.41. The lowest BCUT2D eigenvalue weighted by atomic mass is 10.2. The molecule has 0 saturated heterocycles. The number of nitrogens with one attached hydrogen (secondary N) is 1. The van der Waals surface area contributed by atoms with Gasteiger partial charge in [-0.15, -0.1) is 24.5 Å². The van der Waals surface area contributed by atoms with Gasteiger partial charge in [0.25, 0.3) is 0 Å². The summed E-state index contributed by atoms with van der Waals surface area (Å²) in [6.45, 7) is 2.01. The van der Waals surface area contributed by atoms with Gasteiger partial charge in [-0.1, -0.05) is 12.1 Å². The molecule has 1 aromatic carbocycles. The number of halogens is 4. The van der Waals surface area contributed by atoms with Crippen LogP contribution in [0, 0.1) is 0 Å². The van der Waals surface area contributed by atoms with Crippen molar-refractivity contribution in [3.63, 3.8) is 0 Å². The number of rotatable bonds is 7. The summed E-state index contributed by atoms with van der Waals surface area (Å²) in [6.07, 6.45) is -3.41. The molecule has 1 N–H and O–H groups in total. The zero-order valence-electron chi connectivity index (χ0n) is 13.3. The first-order chi connectivity index (χ1) is 12.3. The molecule has 2 rings (SSSR count). The second kappa shape index (κ2) is 8.99. The number of esters is 1. The van der Waals surface area contributed by atoms with Crippen LogP contribution in [0.1, 0.15) is 18.2 Å². The number of carbonyl (C=O) groups is 1. The van der Waals surface area contributed by atoms with Crippen molar-refractivity contribution in [2.24, 2.45) is 5.10 Å². The lowest BCUT2D eigenvalue weighted by molar-refractivity contribution is -0.274. The van der Waals surface area contributed by atoms with Gasteiger partial charge in [-0.3, -0.25) is 10.2 Å². The number of hydrogen-bond acceptors (Lipinski definition) is 7. The van der Waals surface area contributed by atoms with E-state index < -0.39 is 6.36 Å². The van der Waals surface area contributed by atoms with Crippen molar-refractivity contribution in [2.45, 2.75) is 19.7 Å². The van der Waals surface area contributed by atoms with E-state index >= 15 is 0 Å². The summed E-state index contributed by atoms with van der Waals surface area (Å²) < 4.78 is 45.9. The van der Waals surface area contributed by atoms with Crippen LogP contribution in [0.4, 0.5) is 18.3 Å². The van der Waals surface area contributed by atoms with Gasteiger partial charge in [0.05, 0.1) is 29.4 Å². The van der Waals surface area contributed by atoms with Crippen LogP contribution in [0.3, 0.4) is 0 Å². The molecule has 11 heteroatoms. The first kappa shape index (κ1) is 20.2. The number of benzene rings is 1. The minimum Gasteiger partial charge on any atom is -0.466 e. The van der Waals surface area contributed by atoms with Crippen LogP contribution < -0.4 is 10.2 Å². The number of hydrazone groups is 1. The van der Waals surface area contributed by atoms with E-state index in [1.165, 1.54) is 29.7 Å². The Morgan fingerprint density at radius 3 is 2.92 bits per heavy atom. The highest BCUT2D eigenvalue weighted by molar-refractivity contribution is 9.10. The summed E-state index contributed by atoms with van der Waals surface area (Å²) in [5, 5.41) is 6.04. The molecule has 0 spiro atoms. The quantitative estimate of drug-likeness (QED) is 0.384. The average molecular weight is 452 g/mol. The number of carbonyl (C=O) groups excluding carboxylic acids is 1. The zero-order chi connectivity index (χ0) is 19.2. The Morgan fingerprint density at radius 1 is 1.46 bits per heavy atom. The molecule has 0 atom stereocenters. The van der Waals surface area contributed by atoms with Gasteiger partial charge in [-0.2, -0.15) is 5.10 Å². The Kier molecular flexibility index (Phi) is 6.98. The van der Waals surface area contributed by atoms with Gasteiger partial charge < -0.3 is 9.47 Å². The van der Waals surface area contributed by atoms with Gasteiger partial charge in [0.1, 0.15) is 5.75 Å². The highest BCUT2D eigenvalue weighted by atomic mass is 79.9. The third kappa shape index (κ3) is 6.30. The average Bonchev–Trinajstić information content (AvgIpc) is 2.97. The number of thiazole rings is 1. The molecule has 0 aliphatic carbocycles. The number of hydrogen-bond donors (Lipinski definition) is 1. The number of anilines is 1. The van der Waals surface area contributed by atoms with Crippen LogP contribution in [0.5, 0.6) is 5.75 Å². The number of nitrogens with zero attached hydrogens (tertiary/aromatic N) is 2. The predicted octanol–water partition coefficient (Wildman–Crippen LogP) is 4.36. The first-order valence-corrected chi connectivity index (χ1v) is 8.89. The molecule has 1 heterocycles. The van der Waals surface area contributed by atoms with E-state index in [4.69, 9.17) is 4.74 Å². The molecule has 0 unspecified atom stereocenters. The van der Waals surface area contributed by atoms with Crippen molar-refractivity contribution in [2.75, 3.05) is 12.0 Å². The third-order valence-electron chi connectivity index (χ3n) is 2.77. The molecular formula is C15H13BrF3N3O3S. The zero-order valence-corrected chi connectivity index (χ0v) is 15.7. The van der Waals surface area contributed by atoms with Crippen molar-refractivity contribution in [3.8, 4) is 5.75 Å². The SMILES string of the molecule is CCOC(=O)Cc1csc(NN=Cc2cccc(OC(F)(F)F)c2Br)n1. The van der Waals surface area contributed by atoms with E-state index in [1.54, 1.807) is 18.4 Å². The Labute approximate surface area is 159 Å². The fourth-order valence-corrected chi connectivity index (χ4v) is 2.89. The van der Waals surface area contributed by atoms with Gasteiger partial charge in [-0.05, 0) is 28.9 Å². The van der Waals surface area contributed by atoms with Crippen molar-refractivity contribution < 1.29 is 27.4 Å². The molecule has 140 valence electrons. The summed E-state index contributed by atoms with van der Waals surface area (Å²) >= 11 is 4.29. The number of ether oxygens (including phenoxy) is 2. The smallest absolute Gasteiger partial charge is 0.466 e. The normalized spacial score (nSPS) is 11.6. The van der Waals surface area contributed by atoms with E-state index in [0.717, 1.165) is 0 Å². The molecule has 0 saturated carbocycles. The molecule has 0 bridgehead atoms. The minimum absolute atomic E-state index is 0.0537. The van der Waals surface area contributed by atoms with Gasteiger partial charge in [0.15, 0.2) is 0 Å². The molecule has 6 nitrogen and oxygen atoms in total. The highest BCUT2D eigenvalue weighted by Crippen LogP contribution is 2.32.